The molecule has 1 aromatic rings. The Morgan fingerprint density at radius 3 is 2.62 bits per heavy atom. The maximum Gasteiger partial charge on any atom is 0.345 e. The van der Waals surface area contributed by atoms with Crippen LogP contribution in [0, 0.1) is 10.1 Å². The van der Waals surface area contributed by atoms with E-state index in [1.807, 2.05) is 0 Å². The van der Waals surface area contributed by atoms with Gasteiger partial charge in [-0.25, -0.2) is 0 Å². The van der Waals surface area contributed by atoms with Crippen molar-refractivity contribution < 1.29 is 19.9 Å². The quantitative estimate of drug-likeness (QED) is 0.531. The van der Waals surface area contributed by atoms with E-state index in [1.54, 1.807) is 0 Å². The van der Waals surface area contributed by atoms with E-state index in [2.05, 4.69) is 0 Å². The molecule has 88 valence electrons. The van der Waals surface area contributed by atoms with Crippen LogP contribution in [0.25, 0.3) is 0 Å². The third kappa shape index (κ3) is 2.60. The first kappa shape index (κ1) is 12.2. The first-order valence-electron chi connectivity index (χ1n) is 4.39. The summed E-state index contributed by atoms with van der Waals surface area (Å²) in [7, 11) is 0. The molecular formula is C8H10N2O5S. The fourth-order valence-corrected chi connectivity index (χ4v) is 2.20. The summed E-state index contributed by atoms with van der Waals surface area (Å²) in [6.07, 6.45) is 0.604. The molecule has 1 heterocycles. The number of aliphatic carboxylic acids is 1. The van der Waals surface area contributed by atoms with Gasteiger partial charge in [-0.3, -0.25) is 14.9 Å². The second-order valence-corrected chi connectivity index (χ2v) is 4.18. The van der Waals surface area contributed by atoms with Crippen LogP contribution in [0.4, 0.5) is 11.4 Å². The second kappa shape index (κ2) is 4.79. The van der Waals surface area contributed by atoms with E-state index < -0.39 is 21.6 Å². The zero-order valence-corrected chi connectivity index (χ0v) is 8.99. The van der Waals surface area contributed by atoms with Crippen LogP contribution in [0.5, 0.6) is 5.06 Å². The summed E-state index contributed by atoms with van der Waals surface area (Å²) >= 11 is 0.817. The average molecular weight is 246 g/mol. The molecule has 0 aliphatic heterocycles. The van der Waals surface area contributed by atoms with Crippen LogP contribution in [-0.2, 0) is 11.2 Å². The number of hydrogen-bond donors (Lipinski definition) is 3. The van der Waals surface area contributed by atoms with Crippen molar-refractivity contribution in [1.82, 2.24) is 0 Å². The standard InChI is InChI=1S/C8H10N2O5S/c9-6-4(2-1-3-5(11)12)16-8(13)7(6)10(14)15/h13H,1-3,9H2,(H,11,12). The van der Waals surface area contributed by atoms with Crippen molar-refractivity contribution in [3.05, 3.63) is 15.0 Å². The molecule has 0 unspecified atom stereocenters. The first-order valence-corrected chi connectivity index (χ1v) is 5.21. The zero-order valence-electron chi connectivity index (χ0n) is 8.17. The lowest BCUT2D eigenvalue weighted by molar-refractivity contribution is -0.384. The van der Waals surface area contributed by atoms with E-state index in [-0.39, 0.29) is 12.1 Å². The van der Waals surface area contributed by atoms with Crippen LogP contribution in [0.2, 0.25) is 0 Å². The van der Waals surface area contributed by atoms with Crippen molar-refractivity contribution in [3.63, 3.8) is 0 Å². The number of rotatable bonds is 5. The van der Waals surface area contributed by atoms with Crippen LogP contribution >= 0.6 is 11.3 Å². The van der Waals surface area contributed by atoms with Gasteiger partial charge in [0.2, 0.25) is 0 Å². The van der Waals surface area contributed by atoms with E-state index in [0.717, 1.165) is 11.3 Å². The average Bonchev–Trinajstić information content (AvgIpc) is 2.41. The molecule has 8 heteroatoms. The van der Waals surface area contributed by atoms with Crippen molar-refractivity contribution in [1.29, 1.82) is 0 Å². The molecule has 4 N–H and O–H groups in total. The number of hydrogen-bond acceptors (Lipinski definition) is 6. The largest absolute Gasteiger partial charge is 0.495 e. The molecule has 0 spiro atoms. The highest BCUT2D eigenvalue weighted by Gasteiger charge is 2.25. The molecule has 1 aromatic heterocycles. The van der Waals surface area contributed by atoms with Gasteiger partial charge in [0.15, 0.2) is 0 Å². The zero-order chi connectivity index (χ0) is 12.3. The Bertz CT molecular complexity index is 428. The molecular weight excluding hydrogens is 236 g/mol. The van der Waals surface area contributed by atoms with Gasteiger partial charge in [0.1, 0.15) is 5.69 Å². The Morgan fingerprint density at radius 1 is 1.56 bits per heavy atom. The minimum Gasteiger partial charge on any atom is -0.495 e. The molecule has 0 radical (unpaired) electrons. The maximum atomic E-state index is 10.5. The fourth-order valence-electron chi connectivity index (χ4n) is 1.23. The van der Waals surface area contributed by atoms with Crippen LogP contribution in [-0.4, -0.2) is 21.1 Å². The van der Waals surface area contributed by atoms with E-state index >= 15 is 0 Å². The van der Waals surface area contributed by atoms with Gasteiger partial charge < -0.3 is 15.9 Å². The number of aryl methyl sites for hydroxylation is 1. The molecule has 0 atom stereocenters. The Hall–Kier alpha value is -1.83. The Labute approximate surface area is 94.3 Å². The van der Waals surface area contributed by atoms with Gasteiger partial charge in [0.05, 0.1) is 4.92 Å². The molecule has 0 amide bonds. The highest BCUT2D eigenvalue weighted by Crippen LogP contribution is 2.43. The maximum absolute atomic E-state index is 10.5. The molecule has 0 fully saturated rings. The lowest BCUT2D eigenvalue weighted by Crippen LogP contribution is -1.98. The SMILES string of the molecule is Nc1c(CCCC(=O)O)sc(O)c1[N+](=O)[O-]. The lowest BCUT2D eigenvalue weighted by Gasteiger charge is -1.96. The number of nitrogens with zero attached hydrogens (tertiary/aromatic N) is 1. The normalized spacial score (nSPS) is 10.2. The number of carboxylic acid groups (broad SMARTS) is 1. The summed E-state index contributed by atoms with van der Waals surface area (Å²) in [4.78, 5) is 20.5. The van der Waals surface area contributed by atoms with Crippen molar-refractivity contribution in [2.75, 3.05) is 5.73 Å². The number of thiophene rings is 1. The monoisotopic (exact) mass is 246 g/mol. The summed E-state index contributed by atoms with van der Waals surface area (Å²) in [6, 6.07) is 0. The van der Waals surface area contributed by atoms with Crippen LogP contribution in [0.1, 0.15) is 17.7 Å². The van der Waals surface area contributed by atoms with Crippen LogP contribution < -0.4 is 5.73 Å². The number of aromatic hydroxyl groups is 1. The molecule has 0 bridgehead atoms. The van der Waals surface area contributed by atoms with Gasteiger partial charge in [-0.2, -0.15) is 0 Å². The topological polar surface area (TPSA) is 127 Å². The molecule has 0 aliphatic rings. The molecule has 0 aromatic carbocycles. The number of anilines is 1. The third-order valence-electron chi connectivity index (χ3n) is 1.96. The van der Waals surface area contributed by atoms with E-state index in [4.69, 9.17) is 10.8 Å². The molecule has 7 nitrogen and oxygen atoms in total. The molecule has 16 heavy (non-hydrogen) atoms. The molecule has 0 aliphatic carbocycles. The Kier molecular flexibility index (Phi) is 3.67. The first-order chi connectivity index (χ1) is 7.43. The highest BCUT2D eigenvalue weighted by molar-refractivity contribution is 7.15. The third-order valence-corrected chi connectivity index (χ3v) is 3.01. The summed E-state index contributed by atoms with van der Waals surface area (Å²) < 4.78 is 0. The lowest BCUT2D eigenvalue weighted by atomic mass is 10.2. The molecule has 0 saturated carbocycles. The Morgan fingerprint density at radius 2 is 2.19 bits per heavy atom. The van der Waals surface area contributed by atoms with Gasteiger partial charge in [0, 0.05) is 11.3 Å². The summed E-state index contributed by atoms with van der Waals surface area (Å²) in [5, 5.41) is 27.8. The smallest absolute Gasteiger partial charge is 0.345 e. The predicted octanol–water partition coefficient (Wildman–Crippen LogP) is 1.35. The van der Waals surface area contributed by atoms with Crippen LogP contribution in [0.15, 0.2) is 0 Å². The van der Waals surface area contributed by atoms with Crippen molar-refractivity contribution in [2.45, 2.75) is 19.3 Å². The van der Waals surface area contributed by atoms with Crippen molar-refractivity contribution in [2.24, 2.45) is 0 Å². The fraction of sp³-hybridized carbons (Fsp3) is 0.375. The van der Waals surface area contributed by atoms with Crippen LogP contribution in [0.3, 0.4) is 0 Å². The van der Waals surface area contributed by atoms with Gasteiger partial charge in [-0.15, -0.1) is 0 Å². The van der Waals surface area contributed by atoms with E-state index in [9.17, 15) is 20.0 Å². The highest BCUT2D eigenvalue weighted by atomic mass is 32.1. The van der Waals surface area contributed by atoms with E-state index in [1.165, 1.54) is 0 Å². The minimum atomic E-state index is -0.936. The van der Waals surface area contributed by atoms with Crippen molar-refractivity contribution >= 4 is 28.7 Å². The van der Waals surface area contributed by atoms with Crippen molar-refractivity contribution in [3.8, 4) is 5.06 Å². The number of nitrogens with two attached hydrogens (primary N) is 1. The number of carbonyl (C=O) groups is 1. The number of nitro groups is 1. The minimum absolute atomic E-state index is 0.0358. The van der Waals surface area contributed by atoms with Gasteiger partial charge in [0.25, 0.3) is 5.06 Å². The predicted molar refractivity (Wildman–Crippen MR) is 57.6 cm³/mol. The summed E-state index contributed by atoms with van der Waals surface area (Å²) in [5.74, 6) is -0.936. The second-order valence-electron chi connectivity index (χ2n) is 3.10. The van der Waals surface area contributed by atoms with Gasteiger partial charge >= 0.3 is 11.7 Å². The van der Waals surface area contributed by atoms with E-state index in [0.29, 0.717) is 17.7 Å². The summed E-state index contributed by atoms with van der Waals surface area (Å²) in [5.41, 5.74) is 4.92. The summed E-state index contributed by atoms with van der Waals surface area (Å²) in [6.45, 7) is 0. The molecule has 0 saturated heterocycles. The number of nitrogen functional groups attached to an aromatic ring is 1. The Balaban J connectivity index is 2.79. The van der Waals surface area contributed by atoms with Gasteiger partial charge in [-0.05, 0) is 12.8 Å². The number of carboxylic acids is 1. The van der Waals surface area contributed by atoms with Gasteiger partial charge in [-0.1, -0.05) is 11.3 Å². The molecule has 1 rings (SSSR count).